The largest absolute Gasteiger partial charge is 0.360 e. The van der Waals surface area contributed by atoms with E-state index in [1.807, 2.05) is 0 Å². The molecule has 2 N–H and O–H groups in total. The van der Waals surface area contributed by atoms with E-state index in [1.165, 1.54) is 24.0 Å². The highest BCUT2D eigenvalue weighted by atomic mass is 32.1. The minimum Gasteiger partial charge on any atom is -0.360 e. The van der Waals surface area contributed by atoms with Gasteiger partial charge in [-0.2, -0.15) is 0 Å². The zero-order chi connectivity index (χ0) is 13.8. The molecule has 1 atom stereocenters. The average Bonchev–Trinajstić information content (AvgIpc) is 3.20. The molecule has 3 heteroatoms. The Morgan fingerprint density at radius 1 is 1.26 bits per heavy atom. The summed E-state index contributed by atoms with van der Waals surface area (Å²) in [5.74, 6) is 0.506. The molecule has 0 aromatic heterocycles. The number of hydrogen-bond donors (Lipinski definition) is 2. The highest BCUT2D eigenvalue weighted by Crippen LogP contribution is 2.23. The van der Waals surface area contributed by atoms with Crippen molar-refractivity contribution >= 4 is 17.3 Å². The third kappa shape index (κ3) is 4.20. The minimum absolute atomic E-state index is 0.282. The quantitative estimate of drug-likeness (QED) is 0.804. The molecule has 19 heavy (non-hydrogen) atoms. The first kappa shape index (κ1) is 14.3. The molecule has 0 saturated heterocycles. The van der Waals surface area contributed by atoms with Crippen molar-refractivity contribution < 1.29 is 0 Å². The fourth-order valence-electron chi connectivity index (χ4n) is 2.19. The molecule has 0 aliphatic heterocycles. The van der Waals surface area contributed by atoms with Crippen LogP contribution in [0.3, 0.4) is 0 Å². The van der Waals surface area contributed by atoms with E-state index in [9.17, 15) is 0 Å². The van der Waals surface area contributed by atoms with E-state index in [0.29, 0.717) is 12.0 Å². The third-order valence-electron chi connectivity index (χ3n) is 3.61. The van der Waals surface area contributed by atoms with Gasteiger partial charge in [-0.1, -0.05) is 45.0 Å². The minimum atomic E-state index is 0.282. The summed E-state index contributed by atoms with van der Waals surface area (Å²) in [6, 6.07) is 9.75. The Balaban J connectivity index is 2.02. The SMILES string of the molecule is CCc1ccc([C@H](NC(=S)NC2CC2)C(C)C)cc1. The number of aryl methyl sites for hydroxylation is 1. The number of hydrogen-bond acceptors (Lipinski definition) is 1. The average molecular weight is 276 g/mol. The monoisotopic (exact) mass is 276 g/mol. The van der Waals surface area contributed by atoms with E-state index in [1.54, 1.807) is 0 Å². The molecule has 0 unspecified atom stereocenters. The Kier molecular flexibility index (Phi) is 4.81. The standard InChI is InChI=1S/C16H24N2S/c1-4-12-5-7-13(8-6-12)15(11(2)3)18-16(19)17-14-9-10-14/h5-8,11,14-15H,4,9-10H2,1-3H3,(H2,17,18,19)/t15-/m1/s1. The maximum absolute atomic E-state index is 5.39. The van der Waals surface area contributed by atoms with E-state index in [0.717, 1.165) is 11.5 Å². The lowest BCUT2D eigenvalue weighted by molar-refractivity contribution is 0.468. The Morgan fingerprint density at radius 3 is 2.37 bits per heavy atom. The Morgan fingerprint density at radius 2 is 1.89 bits per heavy atom. The van der Waals surface area contributed by atoms with Gasteiger partial charge in [0.15, 0.2) is 5.11 Å². The maximum atomic E-state index is 5.39. The topological polar surface area (TPSA) is 24.1 Å². The molecule has 2 nitrogen and oxygen atoms in total. The van der Waals surface area contributed by atoms with Crippen LogP contribution < -0.4 is 10.6 Å². The first-order chi connectivity index (χ1) is 9.10. The van der Waals surface area contributed by atoms with Gasteiger partial charge in [0.05, 0.1) is 6.04 Å². The maximum Gasteiger partial charge on any atom is 0.167 e. The summed E-state index contributed by atoms with van der Waals surface area (Å²) >= 11 is 5.39. The van der Waals surface area contributed by atoms with Crippen LogP contribution in [0, 0.1) is 5.92 Å². The van der Waals surface area contributed by atoms with Gasteiger partial charge in [0, 0.05) is 6.04 Å². The third-order valence-corrected chi connectivity index (χ3v) is 3.85. The summed E-state index contributed by atoms with van der Waals surface area (Å²) in [5.41, 5.74) is 2.69. The van der Waals surface area contributed by atoms with Crippen LogP contribution in [0.15, 0.2) is 24.3 Å². The van der Waals surface area contributed by atoms with Crippen molar-refractivity contribution in [3.8, 4) is 0 Å². The second-order valence-corrected chi connectivity index (χ2v) is 6.12. The molecule has 1 aliphatic carbocycles. The number of nitrogens with one attached hydrogen (secondary N) is 2. The van der Waals surface area contributed by atoms with Crippen LogP contribution >= 0.6 is 12.2 Å². The lowest BCUT2D eigenvalue weighted by Crippen LogP contribution is -2.40. The van der Waals surface area contributed by atoms with Crippen LogP contribution in [0.5, 0.6) is 0 Å². The molecule has 1 saturated carbocycles. The Labute approximate surface area is 122 Å². The molecule has 0 amide bonds. The van der Waals surface area contributed by atoms with Gasteiger partial charge in [0.25, 0.3) is 0 Å². The highest BCUT2D eigenvalue weighted by Gasteiger charge is 2.23. The number of thiocarbonyl (C=S) groups is 1. The zero-order valence-corrected chi connectivity index (χ0v) is 12.9. The van der Waals surface area contributed by atoms with E-state index >= 15 is 0 Å². The smallest absolute Gasteiger partial charge is 0.167 e. The van der Waals surface area contributed by atoms with Crippen LogP contribution in [0.4, 0.5) is 0 Å². The molecule has 0 radical (unpaired) electrons. The zero-order valence-electron chi connectivity index (χ0n) is 12.1. The van der Waals surface area contributed by atoms with Crippen LogP contribution in [0.25, 0.3) is 0 Å². The summed E-state index contributed by atoms with van der Waals surface area (Å²) in [6.45, 7) is 6.64. The summed E-state index contributed by atoms with van der Waals surface area (Å²) in [6.07, 6.45) is 3.58. The molecule has 0 bridgehead atoms. The first-order valence-corrected chi connectivity index (χ1v) is 7.66. The normalized spacial score (nSPS) is 16.2. The molecule has 0 spiro atoms. The van der Waals surface area contributed by atoms with Crippen LogP contribution in [-0.2, 0) is 6.42 Å². The predicted octanol–water partition coefficient (Wildman–Crippen LogP) is 3.57. The number of rotatable bonds is 5. The second kappa shape index (κ2) is 6.38. The van der Waals surface area contributed by atoms with Crippen LogP contribution in [0.1, 0.15) is 50.8 Å². The fourth-order valence-corrected chi connectivity index (χ4v) is 2.49. The lowest BCUT2D eigenvalue weighted by atomic mass is 9.95. The highest BCUT2D eigenvalue weighted by molar-refractivity contribution is 7.80. The molecular formula is C16H24N2S. The van der Waals surface area contributed by atoms with Crippen molar-refractivity contribution in [2.24, 2.45) is 5.92 Å². The second-order valence-electron chi connectivity index (χ2n) is 5.71. The predicted molar refractivity (Wildman–Crippen MR) is 85.3 cm³/mol. The molecule has 2 rings (SSSR count). The summed E-state index contributed by atoms with van der Waals surface area (Å²) in [5, 5.41) is 7.61. The van der Waals surface area contributed by atoms with Gasteiger partial charge < -0.3 is 10.6 Å². The molecule has 104 valence electrons. The Bertz CT molecular complexity index is 421. The van der Waals surface area contributed by atoms with Crippen molar-refractivity contribution in [1.82, 2.24) is 10.6 Å². The van der Waals surface area contributed by atoms with Crippen molar-refractivity contribution in [2.75, 3.05) is 0 Å². The van der Waals surface area contributed by atoms with Gasteiger partial charge in [-0.3, -0.25) is 0 Å². The molecule has 1 aromatic carbocycles. The summed E-state index contributed by atoms with van der Waals surface area (Å²) in [7, 11) is 0. The van der Waals surface area contributed by atoms with Crippen molar-refractivity contribution in [2.45, 2.75) is 52.1 Å². The molecule has 1 aromatic rings. The van der Waals surface area contributed by atoms with Gasteiger partial charge in [-0.15, -0.1) is 0 Å². The van der Waals surface area contributed by atoms with Gasteiger partial charge >= 0.3 is 0 Å². The van der Waals surface area contributed by atoms with Gasteiger partial charge in [0.1, 0.15) is 0 Å². The van der Waals surface area contributed by atoms with Crippen molar-refractivity contribution in [1.29, 1.82) is 0 Å². The van der Waals surface area contributed by atoms with Crippen molar-refractivity contribution in [3.05, 3.63) is 35.4 Å². The van der Waals surface area contributed by atoms with Gasteiger partial charge in [-0.05, 0) is 48.5 Å². The van der Waals surface area contributed by atoms with Crippen LogP contribution in [0.2, 0.25) is 0 Å². The van der Waals surface area contributed by atoms with E-state index in [4.69, 9.17) is 12.2 Å². The summed E-state index contributed by atoms with van der Waals surface area (Å²) in [4.78, 5) is 0. The van der Waals surface area contributed by atoms with E-state index in [2.05, 4.69) is 55.7 Å². The van der Waals surface area contributed by atoms with Gasteiger partial charge in [-0.25, -0.2) is 0 Å². The molecule has 1 fully saturated rings. The van der Waals surface area contributed by atoms with Crippen molar-refractivity contribution in [3.63, 3.8) is 0 Å². The lowest BCUT2D eigenvalue weighted by Gasteiger charge is -2.25. The Hall–Kier alpha value is -1.09. The summed E-state index contributed by atoms with van der Waals surface area (Å²) < 4.78 is 0. The molecule has 1 aliphatic rings. The van der Waals surface area contributed by atoms with E-state index < -0.39 is 0 Å². The molecule has 0 heterocycles. The fraction of sp³-hybridized carbons (Fsp3) is 0.562. The van der Waals surface area contributed by atoms with Crippen LogP contribution in [-0.4, -0.2) is 11.2 Å². The van der Waals surface area contributed by atoms with Gasteiger partial charge in [0.2, 0.25) is 0 Å². The van der Waals surface area contributed by atoms with E-state index in [-0.39, 0.29) is 6.04 Å². The number of benzene rings is 1. The molecular weight excluding hydrogens is 252 g/mol. The first-order valence-electron chi connectivity index (χ1n) is 7.26.